The van der Waals surface area contributed by atoms with E-state index in [0.29, 0.717) is 0 Å². The van der Waals surface area contributed by atoms with Crippen molar-refractivity contribution in [2.24, 2.45) is 0 Å². The van der Waals surface area contributed by atoms with Crippen LogP contribution in [-0.4, -0.2) is 24.2 Å². The fourth-order valence-corrected chi connectivity index (χ4v) is 2.46. The van der Waals surface area contributed by atoms with E-state index in [0.717, 1.165) is 5.57 Å². The molecule has 0 rings (SSSR count). The van der Waals surface area contributed by atoms with Crippen LogP contribution in [-0.2, 0) is 0 Å². The Morgan fingerprint density at radius 1 is 0.600 bits per heavy atom. The summed E-state index contributed by atoms with van der Waals surface area (Å²) in [4.78, 5) is 0. The fraction of sp³-hybridized carbons (Fsp3) is 0.529. The minimum absolute atomic E-state index is 0.889. The van der Waals surface area contributed by atoms with Crippen LogP contribution in [0.5, 0.6) is 0 Å². The van der Waals surface area contributed by atoms with E-state index in [4.69, 9.17) is 0 Å². The maximum atomic E-state index is 3.38. The highest BCUT2D eigenvalue weighted by Gasteiger charge is 2.09. The van der Waals surface area contributed by atoms with Gasteiger partial charge < -0.3 is 0 Å². The first-order chi connectivity index (χ1) is 8.79. The molecule has 0 nitrogen and oxygen atoms in total. The Kier molecular flexibility index (Phi) is 6.85. The standard InChI is InChI=1S/C17H28Si3/c1-18(2,3)14-10-11-17(12-15-19(4,5)6)13-16-20(7,8)9/h11H,1-9H3. The van der Waals surface area contributed by atoms with Crippen molar-refractivity contribution in [2.75, 3.05) is 0 Å². The molecule has 0 saturated carbocycles. The molecule has 0 fully saturated rings. The van der Waals surface area contributed by atoms with Crippen LogP contribution < -0.4 is 0 Å². The molecule has 20 heavy (non-hydrogen) atoms. The summed E-state index contributed by atoms with van der Waals surface area (Å²) >= 11 is 0. The summed E-state index contributed by atoms with van der Waals surface area (Å²) in [7, 11) is -4.07. The summed E-state index contributed by atoms with van der Waals surface area (Å²) in [5.41, 5.74) is 11.0. The number of allylic oxidation sites excluding steroid dienone is 2. The van der Waals surface area contributed by atoms with Crippen LogP contribution in [0.15, 0.2) is 11.6 Å². The van der Waals surface area contributed by atoms with Gasteiger partial charge in [-0.3, -0.25) is 0 Å². The van der Waals surface area contributed by atoms with Gasteiger partial charge in [0.15, 0.2) is 0 Å². The third-order valence-corrected chi connectivity index (χ3v) is 4.45. The average molecular weight is 317 g/mol. The van der Waals surface area contributed by atoms with Crippen LogP contribution in [0.1, 0.15) is 0 Å². The van der Waals surface area contributed by atoms with Crippen LogP contribution in [0.25, 0.3) is 0 Å². The molecule has 0 unspecified atom stereocenters. The van der Waals surface area contributed by atoms with E-state index in [1.165, 1.54) is 0 Å². The summed E-state index contributed by atoms with van der Waals surface area (Å²) in [6, 6.07) is 0. The second-order valence-electron chi connectivity index (χ2n) is 8.08. The molecule has 0 spiro atoms. The van der Waals surface area contributed by atoms with Gasteiger partial charge in [-0.2, -0.15) is 0 Å². The van der Waals surface area contributed by atoms with E-state index in [-0.39, 0.29) is 0 Å². The minimum atomic E-state index is -1.37. The molecular formula is C17H28Si3. The molecule has 0 aliphatic heterocycles. The monoisotopic (exact) mass is 316 g/mol. The molecule has 0 saturated heterocycles. The van der Waals surface area contributed by atoms with E-state index in [9.17, 15) is 0 Å². The Labute approximate surface area is 129 Å². The molecule has 0 radical (unpaired) electrons. The van der Waals surface area contributed by atoms with Crippen molar-refractivity contribution in [1.29, 1.82) is 0 Å². The lowest BCUT2D eigenvalue weighted by Crippen LogP contribution is -2.17. The van der Waals surface area contributed by atoms with Gasteiger partial charge in [-0.05, 0) is 0 Å². The first-order valence-corrected chi connectivity index (χ1v) is 17.6. The van der Waals surface area contributed by atoms with Crippen molar-refractivity contribution < 1.29 is 0 Å². The fourth-order valence-electron chi connectivity index (χ4n) is 0.938. The van der Waals surface area contributed by atoms with Crippen molar-refractivity contribution in [2.45, 2.75) is 58.9 Å². The van der Waals surface area contributed by atoms with Crippen molar-refractivity contribution >= 4 is 24.2 Å². The van der Waals surface area contributed by atoms with Crippen molar-refractivity contribution in [1.82, 2.24) is 0 Å². The van der Waals surface area contributed by atoms with Gasteiger partial charge in [0.25, 0.3) is 0 Å². The minimum Gasteiger partial charge on any atom is -0.127 e. The molecule has 0 heterocycles. The van der Waals surface area contributed by atoms with Crippen molar-refractivity contribution in [3.63, 3.8) is 0 Å². The van der Waals surface area contributed by atoms with E-state index in [1.807, 2.05) is 6.08 Å². The molecule has 108 valence electrons. The lowest BCUT2D eigenvalue weighted by Gasteiger charge is -2.04. The number of rotatable bonds is 0. The van der Waals surface area contributed by atoms with Gasteiger partial charge in [0, 0.05) is 6.08 Å². The molecule has 0 amide bonds. The highest BCUT2D eigenvalue weighted by molar-refractivity contribution is 6.84. The number of hydrogen-bond donors (Lipinski definition) is 0. The average Bonchev–Trinajstić information content (AvgIpc) is 2.16. The van der Waals surface area contributed by atoms with Crippen LogP contribution in [0.3, 0.4) is 0 Å². The molecular weight excluding hydrogens is 288 g/mol. The molecule has 0 bridgehead atoms. The molecule has 0 aliphatic carbocycles. The van der Waals surface area contributed by atoms with Crippen LogP contribution in [0.2, 0.25) is 58.9 Å². The van der Waals surface area contributed by atoms with Gasteiger partial charge >= 0.3 is 0 Å². The van der Waals surface area contributed by atoms with Gasteiger partial charge in [0.2, 0.25) is 0 Å². The molecule has 0 aromatic heterocycles. The topological polar surface area (TPSA) is 0 Å². The molecule has 0 aliphatic rings. The largest absolute Gasteiger partial charge is 0.129 e. The van der Waals surface area contributed by atoms with Crippen LogP contribution in [0.4, 0.5) is 0 Å². The lowest BCUT2D eigenvalue weighted by molar-refractivity contribution is 1.78. The zero-order valence-electron chi connectivity index (χ0n) is 14.6. The normalized spacial score (nSPS) is 11.1. The van der Waals surface area contributed by atoms with Gasteiger partial charge in [-0.15, -0.1) is 16.6 Å². The Morgan fingerprint density at radius 3 is 1.25 bits per heavy atom. The third kappa shape index (κ3) is 13.5. The first kappa shape index (κ1) is 19.1. The highest BCUT2D eigenvalue weighted by atomic mass is 28.3. The maximum absolute atomic E-state index is 3.38. The van der Waals surface area contributed by atoms with Crippen LogP contribution in [0, 0.1) is 34.4 Å². The molecule has 3 heteroatoms. The maximum Gasteiger partial charge on any atom is 0.129 e. The predicted molar refractivity (Wildman–Crippen MR) is 101 cm³/mol. The lowest BCUT2D eigenvalue weighted by atomic mass is 10.3. The Morgan fingerprint density at radius 2 is 0.950 bits per heavy atom. The molecule has 0 aromatic carbocycles. The second kappa shape index (κ2) is 7.19. The Hall–Kier alpha value is -0.929. The van der Waals surface area contributed by atoms with Crippen LogP contribution >= 0.6 is 0 Å². The predicted octanol–water partition coefficient (Wildman–Crippen LogP) is 4.56. The first-order valence-electron chi connectivity index (χ1n) is 7.08. The summed E-state index contributed by atoms with van der Waals surface area (Å²) in [6.07, 6.45) is 1.92. The zero-order chi connectivity index (χ0) is 16.0. The van der Waals surface area contributed by atoms with Crippen molar-refractivity contribution in [3.8, 4) is 34.4 Å². The van der Waals surface area contributed by atoms with E-state index >= 15 is 0 Å². The summed E-state index contributed by atoms with van der Waals surface area (Å²) in [5.74, 6) is 9.68. The molecule has 0 atom stereocenters. The summed E-state index contributed by atoms with van der Waals surface area (Å²) in [6.45, 7) is 20.2. The van der Waals surface area contributed by atoms with Gasteiger partial charge in [0.05, 0.1) is 5.57 Å². The van der Waals surface area contributed by atoms with Gasteiger partial charge in [-0.1, -0.05) is 76.7 Å². The van der Waals surface area contributed by atoms with E-state index < -0.39 is 24.2 Å². The molecule has 0 aromatic rings. The second-order valence-corrected chi connectivity index (χ2v) is 22.3. The van der Waals surface area contributed by atoms with E-state index in [2.05, 4.69) is 93.3 Å². The van der Waals surface area contributed by atoms with Gasteiger partial charge in [0.1, 0.15) is 24.2 Å². The highest BCUT2D eigenvalue weighted by Crippen LogP contribution is 2.02. The molecule has 0 N–H and O–H groups in total. The zero-order valence-corrected chi connectivity index (χ0v) is 17.6. The third-order valence-electron chi connectivity index (χ3n) is 1.81. The number of hydrogen-bond acceptors (Lipinski definition) is 0. The Bertz CT molecular complexity index is 508. The quantitative estimate of drug-likeness (QED) is 0.454. The SMILES string of the molecule is C[Si](C)(C)C#CC=C(C#C[Si](C)(C)C)C#C[Si](C)(C)C. The summed E-state index contributed by atoms with van der Waals surface area (Å²) < 4.78 is 0. The van der Waals surface area contributed by atoms with E-state index in [1.54, 1.807) is 0 Å². The van der Waals surface area contributed by atoms with Gasteiger partial charge in [-0.25, -0.2) is 0 Å². The van der Waals surface area contributed by atoms with Crippen molar-refractivity contribution in [3.05, 3.63) is 11.6 Å². The Balaban J connectivity index is 5.46. The summed E-state index contributed by atoms with van der Waals surface area (Å²) in [5, 5.41) is 0. The smallest absolute Gasteiger partial charge is 0.127 e.